The smallest absolute Gasteiger partial charge is 0.142 e. The highest BCUT2D eigenvalue weighted by Gasteiger charge is 2.06. The number of ether oxygens (including phenoxy) is 1. The van der Waals surface area contributed by atoms with E-state index in [1.807, 2.05) is 38.4 Å². The van der Waals surface area contributed by atoms with Gasteiger partial charge in [0.15, 0.2) is 0 Å². The Labute approximate surface area is 126 Å². The van der Waals surface area contributed by atoms with Gasteiger partial charge < -0.3 is 14.6 Å². The molecule has 2 heterocycles. The van der Waals surface area contributed by atoms with E-state index in [0.29, 0.717) is 6.61 Å². The van der Waals surface area contributed by atoms with Gasteiger partial charge in [-0.15, -0.1) is 0 Å². The topological polar surface area (TPSA) is 52.0 Å². The first kappa shape index (κ1) is 15.5. The van der Waals surface area contributed by atoms with Crippen LogP contribution < -0.4 is 10.1 Å². The Morgan fingerprint density at radius 3 is 2.86 bits per heavy atom. The molecule has 0 saturated carbocycles. The van der Waals surface area contributed by atoms with Gasteiger partial charge in [-0.25, -0.2) is 4.98 Å². The zero-order chi connectivity index (χ0) is 15.1. The molecule has 0 aliphatic carbocycles. The summed E-state index contributed by atoms with van der Waals surface area (Å²) >= 11 is 0. The van der Waals surface area contributed by atoms with E-state index < -0.39 is 0 Å². The summed E-state index contributed by atoms with van der Waals surface area (Å²) in [5.74, 6) is 1.87. The third-order valence-electron chi connectivity index (χ3n) is 3.30. The SMILES string of the molecule is CCCNCc1nc(C)ccc1OCCn1ccnc1C. The minimum Gasteiger partial charge on any atom is -0.490 e. The highest BCUT2D eigenvalue weighted by Crippen LogP contribution is 2.17. The van der Waals surface area contributed by atoms with E-state index in [1.165, 1.54) is 0 Å². The molecule has 0 atom stereocenters. The van der Waals surface area contributed by atoms with E-state index in [4.69, 9.17) is 4.74 Å². The Balaban J connectivity index is 1.93. The molecule has 2 aromatic heterocycles. The standard InChI is InChI=1S/C16H24N4O/c1-4-7-17-12-15-16(6-5-13(2)19-15)21-11-10-20-9-8-18-14(20)3/h5-6,8-9,17H,4,7,10-12H2,1-3H3. The molecule has 0 bridgehead atoms. The summed E-state index contributed by atoms with van der Waals surface area (Å²) in [6.07, 6.45) is 4.89. The van der Waals surface area contributed by atoms with Crippen LogP contribution in [0.15, 0.2) is 24.5 Å². The average molecular weight is 288 g/mol. The summed E-state index contributed by atoms with van der Waals surface area (Å²) in [4.78, 5) is 8.78. The Morgan fingerprint density at radius 1 is 1.29 bits per heavy atom. The van der Waals surface area contributed by atoms with Crippen LogP contribution in [0.25, 0.3) is 0 Å². The van der Waals surface area contributed by atoms with Crippen molar-refractivity contribution in [3.63, 3.8) is 0 Å². The van der Waals surface area contributed by atoms with Crippen LogP contribution in [0.2, 0.25) is 0 Å². The number of pyridine rings is 1. The molecule has 2 rings (SSSR count). The average Bonchev–Trinajstić information content (AvgIpc) is 2.87. The Hall–Kier alpha value is -1.88. The van der Waals surface area contributed by atoms with Gasteiger partial charge in [0.25, 0.3) is 0 Å². The maximum atomic E-state index is 5.90. The van der Waals surface area contributed by atoms with Crippen LogP contribution in [-0.2, 0) is 13.1 Å². The molecule has 0 aliphatic heterocycles. The molecule has 0 saturated heterocycles. The lowest BCUT2D eigenvalue weighted by Crippen LogP contribution is -2.17. The molecule has 2 aromatic rings. The van der Waals surface area contributed by atoms with Crippen LogP contribution >= 0.6 is 0 Å². The van der Waals surface area contributed by atoms with Crippen molar-refractivity contribution < 1.29 is 4.74 Å². The molecule has 5 nitrogen and oxygen atoms in total. The molecular weight excluding hydrogens is 264 g/mol. The maximum Gasteiger partial charge on any atom is 0.142 e. The first-order valence-electron chi connectivity index (χ1n) is 7.48. The quantitative estimate of drug-likeness (QED) is 0.758. The van der Waals surface area contributed by atoms with Gasteiger partial charge in [0.05, 0.1) is 12.2 Å². The Morgan fingerprint density at radius 2 is 2.14 bits per heavy atom. The van der Waals surface area contributed by atoms with Crippen molar-refractivity contribution in [2.45, 2.75) is 40.3 Å². The van der Waals surface area contributed by atoms with E-state index in [0.717, 1.165) is 49.0 Å². The lowest BCUT2D eigenvalue weighted by atomic mass is 10.2. The van der Waals surface area contributed by atoms with Crippen molar-refractivity contribution in [1.29, 1.82) is 0 Å². The molecule has 0 aliphatic rings. The minimum atomic E-state index is 0.614. The number of imidazole rings is 1. The molecule has 114 valence electrons. The molecule has 0 fully saturated rings. The Bertz CT molecular complexity index is 565. The predicted molar refractivity (Wildman–Crippen MR) is 83.4 cm³/mol. The first-order valence-corrected chi connectivity index (χ1v) is 7.48. The van der Waals surface area contributed by atoms with Gasteiger partial charge in [-0.1, -0.05) is 6.92 Å². The van der Waals surface area contributed by atoms with Crippen molar-refractivity contribution >= 4 is 0 Å². The van der Waals surface area contributed by atoms with Crippen LogP contribution in [-0.4, -0.2) is 27.7 Å². The second-order valence-corrected chi connectivity index (χ2v) is 5.09. The molecular formula is C16H24N4O. The van der Waals surface area contributed by atoms with Crippen molar-refractivity contribution in [2.24, 2.45) is 0 Å². The molecule has 1 N–H and O–H groups in total. The third kappa shape index (κ3) is 4.56. The molecule has 0 unspecified atom stereocenters. The van der Waals surface area contributed by atoms with E-state index in [1.54, 1.807) is 0 Å². The summed E-state index contributed by atoms with van der Waals surface area (Å²) in [6, 6.07) is 3.99. The summed E-state index contributed by atoms with van der Waals surface area (Å²) in [5, 5.41) is 3.37. The first-order chi connectivity index (χ1) is 10.2. The van der Waals surface area contributed by atoms with Crippen molar-refractivity contribution in [1.82, 2.24) is 19.9 Å². The van der Waals surface area contributed by atoms with Crippen LogP contribution in [0.3, 0.4) is 0 Å². The predicted octanol–water partition coefficient (Wildman–Crippen LogP) is 2.47. The fourth-order valence-electron chi connectivity index (χ4n) is 2.13. The summed E-state index contributed by atoms with van der Waals surface area (Å²) in [7, 11) is 0. The number of aromatic nitrogens is 3. The number of nitrogens with zero attached hydrogens (tertiary/aromatic N) is 3. The van der Waals surface area contributed by atoms with Gasteiger partial charge in [-0.05, 0) is 38.9 Å². The summed E-state index contributed by atoms with van der Waals surface area (Å²) in [5.41, 5.74) is 1.99. The van der Waals surface area contributed by atoms with Crippen LogP contribution in [0.1, 0.15) is 30.6 Å². The van der Waals surface area contributed by atoms with Gasteiger partial charge in [0.1, 0.15) is 18.2 Å². The lowest BCUT2D eigenvalue weighted by Gasteiger charge is -2.13. The van der Waals surface area contributed by atoms with Gasteiger partial charge in [0, 0.05) is 24.6 Å². The highest BCUT2D eigenvalue weighted by atomic mass is 16.5. The second kappa shape index (κ2) is 7.78. The zero-order valence-corrected chi connectivity index (χ0v) is 13.1. The molecule has 0 spiro atoms. The Kier molecular flexibility index (Phi) is 5.75. The normalized spacial score (nSPS) is 10.8. The monoisotopic (exact) mass is 288 g/mol. The van der Waals surface area contributed by atoms with E-state index >= 15 is 0 Å². The number of rotatable bonds is 8. The number of aryl methyl sites for hydroxylation is 2. The van der Waals surface area contributed by atoms with E-state index in [9.17, 15) is 0 Å². The van der Waals surface area contributed by atoms with Gasteiger partial charge in [-0.2, -0.15) is 0 Å². The molecule has 0 amide bonds. The molecule has 5 heteroatoms. The van der Waals surface area contributed by atoms with Crippen molar-refractivity contribution in [3.05, 3.63) is 41.7 Å². The molecule has 0 aromatic carbocycles. The van der Waals surface area contributed by atoms with Crippen LogP contribution in [0.4, 0.5) is 0 Å². The maximum absolute atomic E-state index is 5.90. The molecule has 21 heavy (non-hydrogen) atoms. The summed E-state index contributed by atoms with van der Waals surface area (Å²) in [6.45, 7) is 9.29. The van der Waals surface area contributed by atoms with Gasteiger partial charge in [-0.3, -0.25) is 4.98 Å². The lowest BCUT2D eigenvalue weighted by molar-refractivity contribution is 0.291. The number of hydrogen-bond acceptors (Lipinski definition) is 4. The fraction of sp³-hybridized carbons (Fsp3) is 0.500. The van der Waals surface area contributed by atoms with Crippen LogP contribution in [0, 0.1) is 13.8 Å². The van der Waals surface area contributed by atoms with E-state index in [2.05, 4.69) is 26.8 Å². The van der Waals surface area contributed by atoms with Crippen molar-refractivity contribution in [3.8, 4) is 5.75 Å². The zero-order valence-electron chi connectivity index (χ0n) is 13.1. The highest BCUT2D eigenvalue weighted by molar-refractivity contribution is 5.29. The van der Waals surface area contributed by atoms with Gasteiger partial charge >= 0.3 is 0 Å². The van der Waals surface area contributed by atoms with E-state index in [-0.39, 0.29) is 0 Å². The second-order valence-electron chi connectivity index (χ2n) is 5.09. The molecule has 0 radical (unpaired) electrons. The van der Waals surface area contributed by atoms with Crippen molar-refractivity contribution in [2.75, 3.05) is 13.2 Å². The third-order valence-corrected chi connectivity index (χ3v) is 3.30. The number of hydrogen-bond donors (Lipinski definition) is 1. The minimum absolute atomic E-state index is 0.614. The van der Waals surface area contributed by atoms with Gasteiger partial charge in [0.2, 0.25) is 0 Å². The largest absolute Gasteiger partial charge is 0.490 e. The number of nitrogens with one attached hydrogen (secondary N) is 1. The van der Waals surface area contributed by atoms with Crippen LogP contribution in [0.5, 0.6) is 5.75 Å². The fourth-order valence-corrected chi connectivity index (χ4v) is 2.13. The summed E-state index contributed by atoms with van der Waals surface area (Å²) < 4.78 is 7.98.